The van der Waals surface area contributed by atoms with Crippen LogP contribution in [-0.2, 0) is 0 Å². The van der Waals surface area contributed by atoms with Crippen LogP contribution in [0.3, 0.4) is 0 Å². The molecule has 0 aliphatic carbocycles. The lowest BCUT2D eigenvalue weighted by Crippen LogP contribution is -2.25. The number of carbonyl (C=O) groups excluding carboxylic acids is 1. The highest BCUT2D eigenvalue weighted by Gasteiger charge is 2.17. The first-order chi connectivity index (χ1) is 10.6. The highest BCUT2D eigenvalue weighted by atomic mass is 35.5. The summed E-state index contributed by atoms with van der Waals surface area (Å²) in [4.78, 5) is 17.0. The van der Waals surface area contributed by atoms with Crippen molar-refractivity contribution >= 4 is 41.8 Å². The number of hydrogen-bond donors (Lipinski definition) is 2. The largest absolute Gasteiger partial charge is 0.352 e. The van der Waals surface area contributed by atoms with Crippen LogP contribution in [0.15, 0.2) is 12.3 Å². The molecular formula is C16H27Cl2N5O. The van der Waals surface area contributed by atoms with Gasteiger partial charge >= 0.3 is 0 Å². The SMILES string of the molecule is CCC(C)n1ncc2c(C(=O)NCCCCN)cc(C)nc21.Cl.Cl. The first-order valence-corrected chi connectivity index (χ1v) is 7.91. The maximum absolute atomic E-state index is 12.4. The second-order valence-corrected chi connectivity index (χ2v) is 5.65. The number of halogens is 2. The Morgan fingerprint density at radius 2 is 2.08 bits per heavy atom. The maximum Gasteiger partial charge on any atom is 0.252 e. The molecule has 2 aromatic heterocycles. The Hall–Kier alpha value is -1.37. The highest BCUT2D eigenvalue weighted by Crippen LogP contribution is 2.22. The molecule has 0 spiro atoms. The van der Waals surface area contributed by atoms with Crippen LogP contribution < -0.4 is 11.1 Å². The van der Waals surface area contributed by atoms with Gasteiger partial charge in [0.1, 0.15) is 0 Å². The Bertz CT molecular complexity index is 659. The van der Waals surface area contributed by atoms with Crippen molar-refractivity contribution in [3.05, 3.63) is 23.5 Å². The fraction of sp³-hybridized carbons (Fsp3) is 0.562. The molecule has 24 heavy (non-hydrogen) atoms. The predicted molar refractivity (Wildman–Crippen MR) is 102 cm³/mol. The average molecular weight is 376 g/mol. The Labute approximate surface area is 155 Å². The summed E-state index contributed by atoms with van der Waals surface area (Å²) in [6, 6.07) is 2.08. The van der Waals surface area contributed by atoms with Crippen molar-refractivity contribution in [1.82, 2.24) is 20.1 Å². The third-order valence-electron chi connectivity index (χ3n) is 3.86. The molecule has 0 saturated heterocycles. The summed E-state index contributed by atoms with van der Waals surface area (Å²) in [6.45, 7) is 7.40. The quantitative estimate of drug-likeness (QED) is 0.728. The van der Waals surface area contributed by atoms with Crippen LogP contribution in [0.25, 0.3) is 11.0 Å². The van der Waals surface area contributed by atoms with Crippen LogP contribution in [0, 0.1) is 6.92 Å². The van der Waals surface area contributed by atoms with E-state index < -0.39 is 0 Å². The zero-order valence-corrected chi connectivity index (χ0v) is 16.0. The minimum absolute atomic E-state index is 0. The third-order valence-corrected chi connectivity index (χ3v) is 3.86. The van der Waals surface area contributed by atoms with E-state index in [0.717, 1.165) is 36.0 Å². The summed E-state index contributed by atoms with van der Waals surface area (Å²) >= 11 is 0. The molecule has 3 N–H and O–H groups in total. The topological polar surface area (TPSA) is 85.8 Å². The van der Waals surface area contributed by atoms with Gasteiger partial charge in [-0.05, 0) is 45.7 Å². The Morgan fingerprint density at radius 3 is 2.71 bits per heavy atom. The standard InChI is InChI=1S/C16H25N5O.2ClH/c1-4-12(3)21-15-14(10-19-21)13(9-11(2)20-15)16(22)18-8-6-5-7-17;;/h9-10,12H,4-8,17H2,1-3H3,(H,18,22);2*1H. The Morgan fingerprint density at radius 1 is 1.38 bits per heavy atom. The molecular weight excluding hydrogens is 349 g/mol. The van der Waals surface area contributed by atoms with Crippen molar-refractivity contribution in [2.75, 3.05) is 13.1 Å². The fourth-order valence-corrected chi connectivity index (χ4v) is 2.39. The maximum atomic E-state index is 12.4. The second-order valence-electron chi connectivity index (χ2n) is 5.65. The molecule has 1 unspecified atom stereocenters. The van der Waals surface area contributed by atoms with Gasteiger partial charge in [-0.3, -0.25) is 4.79 Å². The molecule has 0 aliphatic rings. The van der Waals surface area contributed by atoms with Crippen LogP contribution in [0.2, 0.25) is 0 Å². The number of rotatable bonds is 7. The van der Waals surface area contributed by atoms with Crippen molar-refractivity contribution in [1.29, 1.82) is 0 Å². The van der Waals surface area contributed by atoms with E-state index in [1.807, 2.05) is 17.7 Å². The van der Waals surface area contributed by atoms with Gasteiger partial charge in [0.05, 0.1) is 23.2 Å². The van der Waals surface area contributed by atoms with E-state index >= 15 is 0 Å². The molecule has 136 valence electrons. The average Bonchev–Trinajstić information content (AvgIpc) is 2.93. The summed E-state index contributed by atoms with van der Waals surface area (Å²) in [5.41, 5.74) is 7.71. The molecule has 1 amide bonds. The first-order valence-electron chi connectivity index (χ1n) is 7.91. The number of amides is 1. The molecule has 0 radical (unpaired) electrons. The molecule has 6 nitrogen and oxygen atoms in total. The third kappa shape index (κ3) is 5.06. The smallest absolute Gasteiger partial charge is 0.252 e. The zero-order chi connectivity index (χ0) is 16.1. The number of carbonyl (C=O) groups is 1. The fourth-order valence-electron chi connectivity index (χ4n) is 2.39. The molecule has 0 fully saturated rings. The van der Waals surface area contributed by atoms with Crippen LogP contribution in [0.1, 0.15) is 55.2 Å². The summed E-state index contributed by atoms with van der Waals surface area (Å²) in [6.07, 6.45) is 4.51. The van der Waals surface area contributed by atoms with Gasteiger partial charge in [0.25, 0.3) is 5.91 Å². The molecule has 2 aromatic rings. The van der Waals surface area contributed by atoms with Crippen molar-refractivity contribution in [3.63, 3.8) is 0 Å². The van der Waals surface area contributed by atoms with Gasteiger partial charge in [-0.15, -0.1) is 24.8 Å². The summed E-state index contributed by atoms with van der Waals surface area (Å²) in [7, 11) is 0. The summed E-state index contributed by atoms with van der Waals surface area (Å²) in [5, 5.41) is 8.17. The van der Waals surface area contributed by atoms with E-state index in [1.54, 1.807) is 6.20 Å². The number of fused-ring (bicyclic) bond motifs is 1. The lowest BCUT2D eigenvalue weighted by Gasteiger charge is -2.11. The number of aromatic nitrogens is 3. The summed E-state index contributed by atoms with van der Waals surface area (Å²) in [5.74, 6) is -0.0729. The molecule has 2 rings (SSSR count). The Balaban J connectivity index is 0.00000264. The molecule has 8 heteroatoms. The van der Waals surface area contributed by atoms with Crippen molar-refractivity contribution in [2.45, 2.75) is 46.1 Å². The molecule has 0 aromatic carbocycles. The van der Waals surface area contributed by atoms with E-state index in [9.17, 15) is 4.79 Å². The van der Waals surface area contributed by atoms with Crippen molar-refractivity contribution < 1.29 is 4.79 Å². The number of nitrogens with zero attached hydrogens (tertiary/aromatic N) is 3. The number of nitrogens with one attached hydrogen (secondary N) is 1. The van der Waals surface area contributed by atoms with Crippen LogP contribution in [-0.4, -0.2) is 33.8 Å². The Kier molecular flexibility index (Phi) is 9.89. The van der Waals surface area contributed by atoms with E-state index in [2.05, 4.69) is 29.2 Å². The number of unbranched alkanes of at least 4 members (excludes halogenated alkanes) is 1. The molecule has 1 atom stereocenters. The van der Waals surface area contributed by atoms with Crippen molar-refractivity contribution in [3.8, 4) is 0 Å². The molecule has 0 bridgehead atoms. The van der Waals surface area contributed by atoms with Crippen LogP contribution in [0.5, 0.6) is 0 Å². The van der Waals surface area contributed by atoms with E-state index in [0.29, 0.717) is 18.7 Å². The van der Waals surface area contributed by atoms with E-state index in [-0.39, 0.29) is 36.8 Å². The van der Waals surface area contributed by atoms with Gasteiger partial charge in [0, 0.05) is 12.2 Å². The lowest BCUT2D eigenvalue weighted by molar-refractivity contribution is 0.0954. The molecule has 2 heterocycles. The van der Waals surface area contributed by atoms with Crippen LogP contribution in [0.4, 0.5) is 0 Å². The highest BCUT2D eigenvalue weighted by molar-refractivity contribution is 6.05. The molecule has 0 saturated carbocycles. The minimum Gasteiger partial charge on any atom is -0.352 e. The van der Waals surface area contributed by atoms with E-state index in [1.165, 1.54) is 0 Å². The van der Waals surface area contributed by atoms with Gasteiger partial charge in [-0.1, -0.05) is 6.92 Å². The zero-order valence-electron chi connectivity index (χ0n) is 14.4. The first kappa shape index (κ1) is 22.6. The second kappa shape index (κ2) is 10.5. The van der Waals surface area contributed by atoms with Gasteiger partial charge in [0.15, 0.2) is 5.65 Å². The van der Waals surface area contributed by atoms with Crippen molar-refractivity contribution in [2.24, 2.45) is 5.73 Å². The number of nitrogens with two attached hydrogens (primary N) is 1. The molecule has 0 aliphatic heterocycles. The number of aryl methyl sites for hydroxylation is 1. The normalized spacial score (nSPS) is 11.5. The number of pyridine rings is 1. The van der Waals surface area contributed by atoms with Gasteiger partial charge < -0.3 is 11.1 Å². The number of hydrogen-bond acceptors (Lipinski definition) is 4. The van der Waals surface area contributed by atoms with Gasteiger partial charge in [-0.2, -0.15) is 5.10 Å². The van der Waals surface area contributed by atoms with E-state index in [4.69, 9.17) is 5.73 Å². The van der Waals surface area contributed by atoms with Gasteiger partial charge in [0.2, 0.25) is 0 Å². The minimum atomic E-state index is -0.0729. The van der Waals surface area contributed by atoms with Gasteiger partial charge in [-0.25, -0.2) is 9.67 Å². The monoisotopic (exact) mass is 375 g/mol. The summed E-state index contributed by atoms with van der Waals surface area (Å²) < 4.78 is 1.90. The van der Waals surface area contributed by atoms with Crippen LogP contribution >= 0.6 is 24.8 Å². The lowest BCUT2D eigenvalue weighted by atomic mass is 10.1. The predicted octanol–water partition coefficient (Wildman–Crippen LogP) is 3.02.